The first-order valence-electron chi connectivity index (χ1n) is 1.42. The molecule has 0 amide bonds. The molecule has 6 nitrogen and oxygen atoms in total. The summed E-state index contributed by atoms with van der Waals surface area (Å²) in [6.07, 6.45) is 0. The molecule has 0 heterocycles. The Morgan fingerprint density at radius 2 is 1.25 bits per heavy atom. The van der Waals surface area contributed by atoms with Gasteiger partial charge in [0.15, 0.2) is 0 Å². The van der Waals surface area contributed by atoms with Crippen LogP contribution in [0.2, 0.25) is 0 Å². The summed E-state index contributed by atoms with van der Waals surface area (Å²) >= 11 is 0. The first kappa shape index (κ1) is 23.0. The minimum atomic E-state index is -5.17. The SMILES string of the molecule is O=P(O)(O)F.O=S(=O)(O)F.[Li+].[Si+4]. The summed E-state index contributed by atoms with van der Waals surface area (Å²) < 4.78 is 53.1. The van der Waals surface area contributed by atoms with Crippen LogP contribution in [0.25, 0.3) is 0 Å². The van der Waals surface area contributed by atoms with Crippen LogP contribution in [0.4, 0.5) is 8.08 Å². The predicted octanol–water partition coefficient (Wildman–Crippen LogP) is -3.57. The second-order valence-corrected chi connectivity index (χ2v) is 2.66. The Kier molecular flexibility index (Phi) is 16.0. The summed E-state index contributed by atoms with van der Waals surface area (Å²) in [4.78, 5) is 13.9. The Bertz CT molecular complexity index is 203. The number of hydrogen-bond donors (Lipinski definition) is 3. The smallest absolute Gasteiger partial charge is 0.299 e. The monoisotopic (exact) mass is 235 g/mol. The molecule has 12 heteroatoms. The van der Waals surface area contributed by atoms with Crippen LogP contribution in [-0.4, -0.2) is 33.7 Å². The van der Waals surface area contributed by atoms with Gasteiger partial charge in [-0.25, -0.2) is 4.57 Å². The largest absolute Gasteiger partial charge is 4.00 e. The van der Waals surface area contributed by atoms with Gasteiger partial charge in [0.05, 0.1) is 0 Å². The molecule has 0 fully saturated rings. The van der Waals surface area contributed by atoms with Gasteiger partial charge in [-0.2, -0.15) is 8.42 Å². The van der Waals surface area contributed by atoms with Crippen molar-refractivity contribution in [3.8, 4) is 0 Å². The molecule has 0 unspecified atom stereocenters. The van der Waals surface area contributed by atoms with Crippen molar-refractivity contribution < 1.29 is 54.3 Å². The fourth-order valence-corrected chi connectivity index (χ4v) is 0. The summed E-state index contributed by atoms with van der Waals surface area (Å²) in [6, 6.07) is 0. The normalized spacial score (nSPS) is 9.75. The predicted molar refractivity (Wildman–Crippen MR) is 31.6 cm³/mol. The van der Waals surface area contributed by atoms with Crippen LogP contribution in [-0.2, 0) is 15.1 Å². The molecule has 0 aromatic rings. The summed E-state index contributed by atoms with van der Waals surface area (Å²) in [7, 11) is -10.3. The van der Waals surface area contributed by atoms with E-state index in [2.05, 4.69) is 0 Å². The van der Waals surface area contributed by atoms with Crippen molar-refractivity contribution in [1.82, 2.24) is 0 Å². The maximum absolute atomic E-state index is 10.4. The van der Waals surface area contributed by atoms with Crippen molar-refractivity contribution in [1.29, 1.82) is 0 Å². The van der Waals surface area contributed by atoms with Gasteiger partial charge >= 0.3 is 48.2 Å². The zero-order chi connectivity index (χ0) is 9.00. The Morgan fingerprint density at radius 3 is 1.25 bits per heavy atom. The molecule has 0 aliphatic carbocycles. The maximum atomic E-state index is 10.4. The van der Waals surface area contributed by atoms with Gasteiger partial charge in [0.1, 0.15) is 0 Å². The molecule has 0 saturated heterocycles. The van der Waals surface area contributed by atoms with Gasteiger partial charge in [-0.15, -0.1) is 4.20 Å². The zero-order valence-electron chi connectivity index (χ0n) is 5.68. The first-order chi connectivity index (χ1) is 4.00. The molecule has 0 bridgehead atoms. The Balaban J connectivity index is -0.0000000457. The van der Waals surface area contributed by atoms with E-state index in [1.54, 1.807) is 0 Å². The number of halogens is 2. The minimum Gasteiger partial charge on any atom is -0.299 e. The topological polar surface area (TPSA) is 112 Å². The van der Waals surface area contributed by atoms with E-state index >= 15 is 0 Å². The van der Waals surface area contributed by atoms with Gasteiger partial charge in [0, 0.05) is 0 Å². The molecule has 64 valence electrons. The van der Waals surface area contributed by atoms with E-state index in [9.17, 15) is 8.08 Å². The van der Waals surface area contributed by atoms with Crippen molar-refractivity contribution in [2.45, 2.75) is 0 Å². The third-order valence-electron chi connectivity index (χ3n) is 0. The van der Waals surface area contributed by atoms with Crippen LogP contribution in [0.5, 0.6) is 0 Å². The molecule has 0 radical (unpaired) electrons. The fraction of sp³-hybridized carbons (Fsp3) is 0. The number of hydrogen-bond acceptors (Lipinski definition) is 3. The third kappa shape index (κ3) is 1890. The molecule has 0 aromatic heterocycles. The van der Waals surface area contributed by atoms with Crippen LogP contribution in [0.15, 0.2) is 0 Å². The van der Waals surface area contributed by atoms with E-state index in [1.165, 1.54) is 0 Å². The molecule has 0 aliphatic heterocycles. The molecule has 0 aliphatic rings. The second kappa shape index (κ2) is 8.34. The van der Waals surface area contributed by atoms with Gasteiger partial charge < -0.3 is 0 Å². The van der Waals surface area contributed by atoms with E-state index in [0.717, 1.165) is 0 Å². The van der Waals surface area contributed by atoms with E-state index in [0.29, 0.717) is 0 Å². The van der Waals surface area contributed by atoms with Crippen molar-refractivity contribution >= 4 is 29.4 Å². The standard InChI is InChI=1S/FH2O3P.FHO3S.Li.Si/c2*1-5(2,3)4;;/h(H2,2,3,4);(H,2,3,4);;/q;;+1;+4. The minimum absolute atomic E-state index is 0. The molecule has 0 atom stereocenters. The molecule has 0 saturated carbocycles. The van der Waals surface area contributed by atoms with Crippen LogP contribution >= 0.6 is 7.91 Å². The van der Waals surface area contributed by atoms with E-state index in [1.807, 2.05) is 0 Å². The molecule has 0 rings (SSSR count). The molecule has 0 aromatic carbocycles. The van der Waals surface area contributed by atoms with Crippen molar-refractivity contribution in [3.63, 3.8) is 0 Å². The Morgan fingerprint density at radius 1 is 1.25 bits per heavy atom. The summed E-state index contributed by atoms with van der Waals surface area (Å²) in [6.45, 7) is 0. The van der Waals surface area contributed by atoms with Gasteiger partial charge in [0.25, 0.3) is 0 Å². The van der Waals surface area contributed by atoms with Gasteiger partial charge in [-0.05, 0) is 0 Å². The van der Waals surface area contributed by atoms with Gasteiger partial charge in [-0.1, -0.05) is 3.89 Å². The third-order valence-corrected chi connectivity index (χ3v) is 0. The average molecular weight is 235 g/mol. The fourth-order valence-electron chi connectivity index (χ4n) is 0. The maximum Gasteiger partial charge on any atom is 4.00 e. The molecule has 3 N–H and O–H groups in total. The summed E-state index contributed by atoms with van der Waals surface area (Å²) in [5.41, 5.74) is 0. The molecule has 0 spiro atoms. The first-order valence-corrected chi connectivity index (χ1v) is 4.27. The molecule has 12 heavy (non-hydrogen) atoms. The summed E-state index contributed by atoms with van der Waals surface area (Å²) in [5, 5.41) is 0. The average Bonchev–Trinajstić information content (AvgIpc) is 1.12. The zero-order valence-corrected chi connectivity index (χ0v) is 8.39. The summed E-state index contributed by atoms with van der Waals surface area (Å²) in [5.74, 6) is 0. The van der Waals surface area contributed by atoms with Crippen molar-refractivity contribution in [2.75, 3.05) is 0 Å². The van der Waals surface area contributed by atoms with Crippen molar-refractivity contribution in [3.05, 3.63) is 0 Å². The van der Waals surface area contributed by atoms with Crippen molar-refractivity contribution in [2.24, 2.45) is 0 Å². The Labute approximate surface area is 83.9 Å². The van der Waals surface area contributed by atoms with Crippen LogP contribution < -0.4 is 18.9 Å². The van der Waals surface area contributed by atoms with Crippen LogP contribution in [0.3, 0.4) is 0 Å². The van der Waals surface area contributed by atoms with Gasteiger partial charge in [-0.3, -0.25) is 14.3 Å². The molecular weight excluding hydrogens is 232 g/mol. The molecular formula is H3F2LiO6PSSi+5. The Hall–Kier alpha value is 0.734. The van der Waals surface area contributed by atoms with Crippen LogP contribution in [0.1, 0.15) is 0 Å². The quantitative estimate of drug-likeness (QED) is 0.173. The van der Waals surface area contributed by atoms with Gasteiger partial charge in [0.2, 0.25) is 0 Å². The van der Waals surface area contributed by atoms with E-state index in [-0.39, 0.29) is 29.8 Å². The van der Waals surface area contributed by atoms with E-state index in [4.69, 9.17) is 27.3 Å². The second-order valence-electron chi connectivity index (χ2n) is 0.885. The van der Waals surface area contributed by atoms with Crippen LogP contribution in [0, 0.1) is 0 Å². The van der Waals surface area contributed by atoms with E-state index < -0.39 is 18.4 Å². The number of rotatable bonds is 0.